The van der Waals surface area contributed by atoms with Gasteiger partial charge in [-0.05, 0) is 60.3 Å². The van der Waals surface area contributed by atoms with E-state index < -0.39 is 23.5 Å². The quantitative estimate of drug-likeness (QED) is 0.255. The molecule has 2 amide bonds. The van der Waals surface area contributed by atoms with E-state index in [2.05, 4.69) is 10.7 Å². The Balaban J connectivity index is 1.71. The van der Waals surface area contributed by atoms with Crippen molar-refractivity contribution in [1.82, 2.24) is 10.4 Å². The highest BCUT2D eigenvalue weighted by atomic mass is 32.2. The van der Waals surface area contributed by atoms with Crippen LogP contribution in [0.1, 0.15) is 15.9 Å². The second-order valence-corrected chi connectivity index (χ2v) is 8.12. The fourth-order valence-corrected chi connectivity index (χ4v) is 3.74. The van der Waals surface area contributed by atoms with Gasteiger partial charge in [-0.1, -0.05) is 30.0 Å². The van der Waals surface area contributed by atoms with Crippen LogP contribution in [0.5, 0.6) is 11.5 Å². The number of carboxylic acids is 1. The van der Waals surface area contributed by atoms with E-state index in [0.717, 1.165) is 16.8 Å². The number of carbonyl (C=O) groups excluding carboxylic acids is 2. The van der Waals surface area contributed by atoms with Crippen LogP contribution in [-0.2, 0) is 9.59 Å². The number of aromatic hydroxyl groups is 2. The Hall–Kier alpha value is -3.48. The molecule has 1 aliphatic rings. The number of thioether (sulfide) groups is 1. The fourth-order valence-electron chi connectivity index (χ4n) is 2.42. The summed E-state index contributed by atoms with van der Waals surface area (Å²) in [4.78, 5) is 35.9. The van der Waals surface area contributed by atoms with Crippen LogP contribution in [0.2, 0.25) is 0 Å². The smallest absolute Gasteiger partial charge is 0.339 e. The summed E-state index contributed by atoms with van der Waals surface area (Å²) in [6.07, 6.45) is 1.41. The number of phenolic OH excluding ortho intramolecular Hbond substituents is 1. The Bertz CT molecular complexity index is 1150. The summed E-state index contributed by atoms with van der Waals surface area (Å²) < 4.78 is 0.0910. The number of phenols is 2. The number of rotatable bonds is 4. The number of hydrazine groups is 1. The molecule has 1 aliphatic heterocycles. The molecule has 12 heteroatoms. The molecule has 2 aromatic carbocycles. The van der Waals surface area contributed by atoms with Crippen LogP contribution in [0.3, 0.4) is 0 Å². The van der Waals surface area contributed by atoms with Gasteiger partial charge in [0.2, 0.25) is 0 Å². The first-order chi connectivity index (χ1) is 14.7. The predicted molar refractivity (Wildman–Crippen MR) is 123 cm³/mol. The Kier molecular flexibility index (Phi) is 6.53. The van der Waals surface area contributed by atoms with Gasteiger partial charge in [-0.3, -0.25) is 15.0 Å². The second kappa shape index (κ2) is 9.12. The molecule has 158 valence electrons. The maximum atomic E-state index is 12.7. The highest BCUT2D eigenvalue weighted by Gasteiger charge is 2.34. The van der Waals surface area contributed by atoms with Crippen molar-refractivity contribution in [2.45, 2.75) is 0 Å². The number of anilines is 1. The van der Waals surface area contributed by atoms with Crippen LogP contribution in [0.15, 0.2) is 47.4 Å². The van der Waals surface area contributed by atoms with Gasteiger partial charge < -0.3 is 20.6 Å². The van der Waals surface area contributed by atoms with E-state index in [9.17, 15) is 24.6 Å². The Morgan fingerprint density at radius 3 is 2.42 bits per heavy atom. The van der Waals surface area contributed by atoms with Crippen molar-refractivity contribution < 1.29 is 29.7 Å². The van der Waals surface area contributed by atoms with E-state index in [1.165, 1.54) is 48.5 Å². The average molecular weight is 476 g/mol. The zero-order valence-corrected chi connectivity index (χ0v) is 17.8. The minimum absolute atomic E-state index is 0.0344. The van der Waals surface area contributed by atoms with Crippen LogP contribution in [0.25, 0.3) is 6.08 Å². The number of benzene rings is 2. The van der Waals surface area contributed by atoms with Gasteiger partial charge in [0.15, 0.2) is 9.31 Å². The number of carbonyl (C=O) groups is 3. The first kappa shape index (κ1) is 22.2. The summed E-state index contributed by atoms with van der Waals surface area (Å²) >= 11 is 11.1. The predicted octanol–water partition coefficient (Wildman–Crippen LogP) is 2.47. The standard InChI is InChI=1S/C19H13N3O6S3/c23-11-4-2-10(3-5-11)20-15(25)16(29)21-22-17(26)14(31-19(22)30)8-9-1-6-13(24)12(7-9)18(27)28/h1-8,23-24H,(H,20,25)(H,21,29)(H,27,28)/b14-8+. The van der Waals surface area contributed by atoms with Gasteiger partial charge in [0, 0.05) is 5.69 Å². The number of nitrogens with one attached hydrogen (secondary N) is 2. The Morgan fingerprint density at radius 2 is 1.77 bits per heavy atom. The summed E-state index contributed by atoms with van der Waals surface area (Å²) in [5.41, 5.74) is 2.92. The molecule has 0 aliphatic carbocycles. The van der Waals surface area contributed by atoms with E-state index in [-0.39, 0.29) is 25.5 Å². The van der Waals surface area contributed by atoms with E-state index in [0.29, 0.717) is 11.3 Å². The van der Waals surface area contributed by atoms with Crippen molar-refractivity contribution in [1.29, 1.82) is 0 Å². The molecule has 31 heavy (non-hydrogen) atoms. The molecule has 0 unspecified atom stereocenters. The maximum absolute atomic E-state index is 12.7. The second-order valence-electron chi connectivity index (χ2n) is 6.04. The van der Waals surface area contributed by atoms with Crippen molar-refractivity contribution in [2.24, 2.45) is 0 Å². The van der Waals surface area contributed by atoms with Crippen molar-refractivity contribution >= 4 is 75.1 Å². The van der Waals surface area contributed by atoms with Gasteiger partial charge in [-0.25, -0.2) is 4.79 Å². The minimum atomic E-state index is -1.31. The van der Waals surface area contributed by atoms with Crippen molar-refractivity contribution in [2.75, 3.05) is 5.32 Å². The number of aromatic carboxylic acids is 1. The molecule has 1 fully saturated rings. The lowest BCUT2D eigenvalue weighted by molar-refractivity contribution is -0.123. The Labute approximate surface area is 190 Å². The monoisotopic (exact) mass is 475 g/mol. The van der Waals surface area contributed by atoms with Crippen molar-refractivity contribution in [3.63, 3.8) is 0 Å². The molecule has 1 heterocycles. The topological polar surface area (TPSA) is 139 Å². The van der Waals surface area contributed by atoms with E-state index in [1.807, 2.05) is 0 Å². The third-order valence-electron chi connectivity index (χ3n) is 3.89. The van der Waals surface area contributed by atoms with Gasteiger partial charge in [0.1, 0.15) is 17.1 Å². The normalized spacial score (nSPS) is 14.6. The number of hydrogen-bond acceptors (Lipinski definition) is 8. The molecule has 5 N–H and O–H groups in total. The molecule has 0 aromatic heterocycles. The number of thiocarbonyl (C=S) groups is 2. The van der Waals surface area contributed by atoms with Gasteiger partial charge in [-0.2, -0.15) is 5.01 Å². The first-order valence-electron chi connectivity index (χ1n) is 8.41. The van der Waals surface area contributed by atoms with E-state index in [4.69, 9.17) is 29.5 Å². The molecule has 1 saturated heterocycles. The summed E-state index contributed by atoms with van der Waals surface area (Å²) in [6, 6.07) is 9.58. The number of hydrogen-bond donors (Lipinski definition) is 5. The number of carboxylic acid groups (broad SMARTS) is 1. The highest BCUT2D eigenvalue weighted by Crippen LogP contribution is 2.32. The Morgan fingerprint density at radius 1 is 1.10 bits per heavy atom. The van der Waals surface area contributed by atoms with Gasteiger partial charge in [0.05, 0.1) is 4.91 Å². The number of amides is 2. The minimum Gasteiger partial charge on any atom is -0.508 e. The summed E-state index contributed by atoms with van der Waals surface area (Å²) in [5.74, 6) is -2.95. The molecule has 9 nitrogen and oxygen atoms in total. The van der Waals surface area contributed by atoms with Crippen LogP contribution in [0, 0.1) is 0 Å². The van der Waals surface area contributed by atoms with Crippen molar-refractivity contribution in [3.05, 3.63) is 58.5 Å². The van der Waals surface area contributed by atoms with Crippen LogP contribution < -0.4 is 10.7 Å². The molecule has 0 saturated carbocycles. The molecular formula is C19H13N3O6S3. The summed E-state index contributed by atoms with van der Waals surface area (Å²) in [6.45, 7) is 0. The first-order valence-corrected chi connectivity index (χ1v) is 10.0. The number of nitrogens with zero attached hydrogens (tertiary/aromatic N) is 1. The molecule has 2 aromatic rings. The fraction of sp³-hybridized carbons (Fsp3) is 0. The van der Waals surface area contributed by atoms with E-state index >= 15 is 0 Å². The van der Waals surface area contributed by atoms with Gasteiger partial charge in [-0.15, -0.1) is 0 Å². The third-order valence-corrected chi connectivity index (χ3v) is 5.47. The van der Waals surface area contributed by atoms with Gasteiger partial charge in [0.25, 0.3) is 11.8 Å². The molecule has 0 atom stereocenters. The van der Waals surface area contributed by atoms with Crippen LogP contribution in [-0.4, -0.2) is 47.4 Å². The highest BCUT2D eigenvalue weighted by molar-refractivity contribution is 8.26. The summed E-state index contributed by atoms with van der Waals surface area (Å²) in [7, 11) is 0. The lowest BCUT2D eigenvalue weighted by Gasteiger charge is -2.17. The average Bonchev–Trinajstić information content (AvgIpc) is 2.98. The van der Waals surface area contributed by atoms with Crippen molar-refractivity contribution in [3.8, 4) is 11.5 Å². The van der Waals surface area contributed by atoms with Crippen LogP contribution >= 0.6 is 36.2 Å². The third kappa shape index (κ3) is 5.17. The maximum Gasteiger partial charge on any atom is 0.339 e. The lowest BCUT2D eigenvalue weighted by atomic mass is 10.1. The van der Waals surface area contributed by atoms with Crippen LogP contribution in [0.4, 0.5) is 5.69 Å². The summed E-state index contributed by atoms with van der Waals surface area (Å²) in [5, 5.41) is 31.4. The molecule has 0 bridgehead atoms. The molecular weight excluding hydrogens is 462 g/mol. The van der Waals surface area contributed by atoms with E-state index in [1.54, 1.807) is 0 Å². The SMILES string of the molecule is O=C(Nc1ccc(O)cc1)C(=S)NN1C(=O)/C(=C\c2ccc(O)c(C(=O)O)c2)SC1=S. The lowest BCUT2D eigenvalue weighted by Crippen LogP contribution is -2.48. The zero-order valence-electron chi connectivity index (χ0n) is 15.4. The molecule has 0 radical (unpaired) electrons. The molecule has 0 spiro atoms. The largest absolute Gasteiger partial charge is 0.508 e. The zero-order chi connectivity index (χ0) is 22.7. The van der Waals surface area contributed by atoms with Gasteiger partial charge >= 0.3 is 5.97 Å². The molecule has 3 rings (SSSR count).